The molecule has 0 spiro atoms. The fraction of sp³-hybridized carbons (Fsp3) is 0.545. The number of hydrogen-bond acceptors (Lipinski definition) is 6. The number of hydrazine groups is 1. The molecule has 0 bridgehead atoms. The third-order valence-electron chi connectivity index (χ3n) is 2.97. The van der Waals surface area contributed by atoms with Crippen LogP contribution in [0.15, 0.2) is 16.9 Å². The summed E-state index contributed by atoms with van der Waals surface area (Å²) in [5.41, 5.74) is 1.81. The largest absolute Gasteiger partial charge is 0.480 e. The van der Waals surface area contributed by atoms with E-state index in [0.717, 1.165) is 0 Å². The monoisotopic (exact) mass is 268 g/mol. The molecule has 19 heavy (non-hydrogen) atoms. The average Bonchev–Trinajstić information content (AvgIpc) is 2.89. The summed E-state index contributed by atoms with van der Waals surface area (Å²) in [5, 5.41) is 4.02. The van der Waals surface area contributed by atoms with Crippen molar-refractivity contribution in [2.45, 2.75) is 31.6 Å². The molecule has 0 radical (unpaired) electrons. The average molecular weight is 268 g/mol. The summed E-state index contributed by atoms with van der Waals surface area (Å²) in [4.78, 5) is 23.0. The molecular formula is C11H16N4O4. The third kappa shape index (κ3) is 3.09. The first-order chi connectivity index (χ1) is 9.13. The van der Waals surface area contributed by atoms with Gasteiger partial charge in [-0.1, -0.05) is 0 Å². The van der Waals surface area contributed by atoms with Crippen LogP contribution in [-0.2, 0) is 16.1 Å². The van der Waals surface area contributed by atoms with Crippen LogP contribution in [0.3, 0.4) is 0 Å². The lowest BCUT2D eigenvalue weighted by Gasteiger charge is -2.13. The summed E-state index contributed by atoms with van der Waals surface area (Å²) in [6, 6.07) is 2.88. The minimum atomic E-state index is -0.559. The Labute approximate surface area is 109 Å². The zero-order chi connectivity index (χ0) is 13.8. The van der Waals surface area contributed by atoms with E-state index < -0.39 is 6.10 Å². The number of methoxy groups -OCH3 is 1. The number of rotatable bonds is 4. The highest BCUT2D eigenvalue weighted by Crippen LogP contribution is 2.20. The van der Waals surface area contributed by atoms with Gasteiger partial charge in [-0.25, -0.2) is 10.5 Å². The summed E-state index contributed by atoms with van der Waals surface area (Å²) in [7, 11) is 1.48. The van der Waals surface area contributed by atoms with Gasteiger partial charge in [0.05, 0.1) is 19.8 Å². The Morgan fingerprint density at radius 2 is 2.42 bits per heavy atom. The molecule has 3 N–H and O–H groups in total. The Morgan fingerprint density at radius 3 is 3.11 bits per heavy atom. The van der Waals surface area contributed by atoms with Crippen LogP contribution in [0.25, 0.3) is 0 Å². The molecule has 2 heterocycles. The number of carbonyl (C=O) groups is 1. The zero-order valence-corrected chi connectivity index (χ0v) is 10.5. The second-order valence-corrected chi connectivity index (χ2v) is 4.23. The zero-order valence-electron chi connectivity index (χ0n) is 10.5. The van der Waals surface area contributed by atoms with Crippen molar-refractivity contribution in [2.75, 3.05) is 7.11 Å². The van der Waals surface area contributed by atoms with Crippen molar-refractivity contribution in [2.24, 2.45) is 5.84 Å². The van der Waals surface area contributed by atoms with Crippen molar-refractivity contribution in [3.05, 3.63) is 22.5 Å². The molecule has 2 atom stereocenters. The summed E-state index contributed by atoms with van der Waals surface area (Å²) < 4.78 is 11.7. The molecule has 1 fully saturated rings. The highest BCUT2D eigenvalue weighted by molar-refractivity contribution is 5.80. The van der Waals surface area contributed by atoms with Gasteiger partial charge in [-0.15, -0.1) is 5.10 Å². The van der Waals surface area contributed by atoms with Crippen LogP contribution in [0.1, 0.15) is 12.8 Å². The van der Waals surface area contributed by atoms with Crippen molar-refractivity contribution in [3.63, 3.8) is 0 Å². The molecule has 0 aliphatic carbocycles. The summed E-state index contributed by atoms with van der Waals surface area (Å²) >= 11 is 0. The van der Waals surface area contributed by atoms with Gasteiger partial charge >= 0.3 is 0 Å². The molecule has 1 saturated heterocycles. The van der Waals surface area contributed by atoms with Crippen molar-refractivity contribution >= 4 is 5.91 Å². The number of nitrogens with zero attached hydrogens (tertiary/aromatic N) is 2. The first-order valence-corrected chi connectivity index (χ1v) is 5.92. The number of aromatic nitrogens is 2. The Hall–Kier alpha value is -1.93. The van der Waals surface area contributed by atoms with E-state index in [1.165, 1.54) is 23.9 Å². The minimum absolute atomic E-state index is 0.236. The normalized spacial score (nSPS) is 22.2. The van der Waals surface area contributed by atoms with E-state index in [0.29, 0.717) is 18.7 Å². The van der Waals surface area contributed by atoms with E-state index in [-0.39, 0.29) is 24.1 Å². The fourth-order valence-electron chi connectivity index (χ4n) is 1.99. The standard InChI is InChI=1S/C11H16N4O4/c1-18-9-4-5-10(16)15(14-9)6-7-2-3-8(19-7)11(17)13-12/h4-5,7-8H,2-3,6,12H2,1H3,(H,13,17). The van der Waals surface area contributed by atoms with Crippen molar-refractivity contribution in [3.8, 4) is 5.88 Å². The number of amides is 1. The van der Waals surface area contributed by atoms with Crippen LogP contribution in [0, 0.1) is 0 Å². The molecular weight excluding hydrogens is 252 g/mol. The minimum Gasteiger partial charge on any atom is -0.480 e. The molecule has 1 aliphatic rings. The summed E-state index contributed by atoms with van der Waals surface area (Å²) in [5.74, 6) is 5.05. The highest BCUT2D eigenvalue weighted by atomic mass is 16.5. The molecule has 1 amide bonds. The topological polar surface area (TPSA) is 108 Å². The number of hydrogen-bond donors (Lipinski definition) is 2. The predicted octanol–water partition coefficient (Wildman–Crippen LogP) is -1.21. The third-order valence-corrected chi connectivity index (χ3v) is 2.97. The number of carbonyl (C=O) groups excluding carboxylic acids is 1. The molecule has 0 aromatic carbocycles. The Bertz CT molecular complexity index is 516. The van der Waals surface area contributed by atoms with E-state index in [9.17, 15) is 9.59 Å². The molecule has 0 saturated carbocycles. The molecule has 8 heteroatoms. The van der Waals surface area contributed by atoms with Gasteiger partial charge in [0.15, 0.2) is 0 Å². The van der Waals surface area contributed by atoms with Crippen LogP contribution < -0.4 is 21.6 Å². The van der Waals surface area contributed by atoms with Crippen molar-refractivity contribution < 1.29 is 14.3 Å². The van der Waals surface area contributed by atoms with Crippen LogP contribution in [0.5, 0.6) is 5.88 Å². The molecule has 1 aromatic heterocycles. The van der Waals surface area contributed by atoms with Gasteiger partial charge in [0, 0.05) is 12.1 Å². The molecule has 1 aromatic rings. The molecule has 2 unspecified atom stereocenters. The van der Waals surface area contributed by atoms with Crippen LogP contribution in [-0.4, -0.2) is 35.0 Å². The number of ether oxygens (including phenoxy) is 2. The Morgan fingerprint density at radius 1 is 1.63 bits per heavy atom. The van der Waals surface area contributed by atoms with Gasteiger partial charge in [-0.2, -0.15) is 0 Å². The Balaban J connectivity index is 2.03. The lowest BCUT2D eigenvalue weighted by Crippen LogP contribution is -2.39. The summed E-state index contributed by atoms with van der Waals surface area (Å²) in [6.45, 7) is 0.282. The second kappa shape index (κ2) is 5.81. The fourth-order valence-corrected chi connectivity index (χ4v) is 1.99. The van der Waals surface area contributed by atoms with Gasteiger partial charge in [0.25, 0.3) is 11.5 Å². The predicted molar refractivity (Wildman–Crippen MR) is 65.3 cm³/mol. The van der Waals surface area contributed by atoms with Crippen molar-refractivity contribution in [1.29, 1.82) is 0 Å². The second-order valence-electron chi connectivity index (χ2n) is 4.23. The molecule has 1 aliphatic heterocycles. The first-order valence-electron chi connectivity index (χ1n) is 5.92. The first kappa shape index (κ1) is 13.5. The molecule has 2 rings (SSSR count). The van der Waals surface area contributed by atoms with E-state index >= 15 is 0 Å². The maximum absolute atomic E-state index is 11.6. The molecule has 104 valence electrons. The van der Waals surface area contributed by atoms with Gasteiger partial charge in [-0.3, -0.25) is 15.0 Å². The highest BCUT2D eigenvalue weighted by Gasteiger charge is 2.30. The van der Waals surface area contributed by atoms with E-state index in [4.69, 9.17) is 15.3 Å². The quantitative estimate of drug-likeness (QED) is 0.403. The van der Waals surface area contributed by atoms with Gasteiger partial charge < -0.3 is 9.47 Å². The Kier molecular flexibility index (Phi) is 4.13. The van der Waals surface area contributed by atoms with Gasteiger partial charge in [-0.05, 0) is 12.8 Å². The lowest BCUT2D eigenvalue weighted by molar-refractivity contribution is -0.132. The lowest BCUT2D eigenvalue weighted by atomic mass is 10.2. The van der Waals surface area contributed by atoms with E-state index in [2.05, 4.69) is 10.5 Å². The maximum atomic E-state index is 11.6. The van der Waals surface area contributed by atoms with E-state index in [1.807, 2.05) is 0 Å². The number of nitrogens with one attached hydrogen (secondary N) is 1. The number of nitrogens with two attached hydrogens (primary N) is 1. The summed E-state index contributed by atoms with van der Waals surface area (Å²) in [6.07, 6.45) is 0.450. The SMILES string of the molecule is COc1ccc(=O)n(CC2CCC(C(=O)NN)O2)n1. The van der Waals surface area contributed by atoms with Gasteiger partial charge in [0.1, 0.15) is 6.10 Å². The van der Waals surface area contributed by atoms with Gasteiger partial charge in [0.2, 0.25) is 5.88 Å². The van der Waals surface area contributed by atoms with Crippen LogP contribution in [0.4, 0.5) is 0 Å². The smallest absolute Gasteiger partial charge is 0.267 e. The van der Waals surface area contributed by atoms with Crippen molar-refractivity contribution in [1.82, 2.24) is 15.2 Å². The maximum Gasteiger partial charge on any atom is 0.267 e. The molecule has 8 nitrogen and oxygen atoms in total. The van der Waals surface area contributed by atoms with Crippen LogP contribution >= 0.6 is 0 Å². The van der Waals surface area contributed by atoms with E-state index in [1.54, 1.807) is 0 Å². The van der Waals surface area contributed by atoms with Crippen LogP contribution in [0.2, 0.25) is 0 Å².